The molecule has 2 aromatic rings. The number of likely N-dealkylation sites (tertiary alicyclic amines) is 2. The average molecular weight is 325 g/mol. The normalized spacial score (nSPS) is 23.4. The quantitative estimate of drug-likeness (QED) is 0.866. The Morgan fingerprint density at radius 3 is 2.67 bits per heavy atom. The first-order valence-corrected chi connectivity index (χ1v) is 9.29. The van der Waals surface area contributed by atoms with Crippen molar-refractivity contribution in [2.45, 2.75) is 44.7 Å². The standard InChI is InChI=1S/C19H27N5/c1-2-8-19(24-16-20-15-21-24)17(6-1)14-22-10-5-7-18(9-13-22)23-11-3-4-12-23/h1-2,6,8,15-16,18H,3-5,7,9-14H2. The lowest BCUT2D eigenvalue weighted by molar-refractivity contribution is 0.213. The summed E-state index contributed by atoms with van der Waals surface area (Å²) in [6.45, 7) is 6.05. The minimum Gasteiger partial charge on any atom is -0.300 e. The van der Waals surface area contributed by atoms with E-state index in [1.807, 2.05) is 4.68 Å². The minimum atomic E-state index is 0.808. The molecule has 1 aromatic heterocycles. The van der Waals surface area contributed by atoms with E-state index in [4.69, 9.17) is 0 Å². The van der Waals surface area contributed by atoms with Crippen molar-refractivity contribution in [3.8, 4) is 5.69 Å². The van der Waals surface area contributed by atoms with Gasteiger partial charge in [0.15, 0.2) is 0 Å². The van der Waals surface area contributed by atoms with Crippen molar-refractivity contribution in [2.75, 3.05) is 26.2 Å². The zero-order valence-corrected chi connectivity index (χ0v) is 14.3. The largest absolute Gasteiger partial charge is 0.300 e. The molecule has 2 saturated heterocycles. The van der Waals surface area contributed by atoms with Crippen LogP contribution in [0, 0.1) is 0 Å². The molecule has 0 aliphatic carbocycles. The molecule has 2 aliphatic rings. The third-order valence-corrected chi connectivity index (χ3v) is 5.50. The fourth-order valence-electron chi connectivity index (χ4n) is 4.21. The van der Waals surface area contributed by atoms with E-state index >= 15 is 0 Å². The van der Waals surface area contributed by atoms with Crippen molar-refractivity contribution in [2.24, 2.45) is 0 Å². The van der Waals surface area contributed by atoms with Crippen LogP contribution in [0.1, 0.15) is 37.7 Å². The van der Waals surface area contributed by atoms with Crippen LogP contribution in [-0.2, 0) is 6.54 Å². The van der Waals surface area contributed by atoms with Gasteiger partial charge in [0.05, 0.1) is 5.69 Å². The number of hydrogen-bond acceptors (Lipinski definition) is 4. The first kappa shape index (κ1) is 15.8. The predicted molar refractivity (Wildman–Crippen MR) is 95.1 cm³/mol. The van der Waals surface area contributed by atoms with Gasteiger partial charge in [-0.3, -0.25) is 4.90 Å². The van der Waals surface area contributed by atoms with Gasteiger partial charge in [-0.05, 0) is 69.9 Å². The van der Waals surface area contributed by atoms with Crippen molar-refractivity contribution in [1.29, 1.82) is 0 Å². The lowest BCUT2D eigenvalue weighted by Crippen LogP contribution is -2.33. The van der Waals surface area contributed by atoms with E-state index in [0.29, 0.717) is 0 Å². The summed E-state index contributed by atoms with van der Waals surface area (Å²) < 4.78 is 1.88. The zero-order valence-electron chi connectivity index (χ0n) is 14.3. The summed E-state index contributed by atoms with van der Waals surface area (Å²) in [6, 6.07) is 9.37. The maximum Gasteiger partial charge on any atom is 0.138 e. The smallest absolute Gasteiger partial charge is 0.138 e. The van der Waals surface area contributed by atoms with Crippen LogP contribution < -0.4 is 0 Å². The Hall–Kier alpha value is -1.72. The lowest BCUT2D eigenvalue weighted by atomic mass is 10.1. The Morgan fingerprint density at radius 1 is 0.958 bits per heavy atom. The molecular formula is C19H27N5. The second kappa shape index (κ2) is 7.45. The zero-order chi connectivity index (χ0) is 16.2. The molecule has 0 saturated carbocycles. The van der Waals surface area contributed by atoms with Crippen molar-refractivity contribution < 1.29 is 0 Å². The fourth-order valence-corrected chi connectivity index (χ4v) is 4.21. The van der Waals surface area contributed by atoms with Gasteiger partial charge in [-0.1, -0.05) is 18.2 Å². The van der Waals surface area contributed by atoms with Crippen molar-refractivity contribution in [1.82, 2.24) is 24.6 Å². The monoisotopic (exact) mass is 325 g/mol. The Bertz CT molecular complexity index is 633. The molecule has 24 heavy (non-hydrogen) atoms. The van der Waals surface area contributed by atoms with Gasteiger partial charge in [0.1, 0.15) is 12.7 Å². The molecule has 128 valence electrons. The molecule has 1 atom stereocenters. The number of hydrogen-bond donors (Lipinski definition) is 0. The number of rotatable bonds is 4. The van der Waals surface area contributed by atoms with E-state index in [-0.39, 0.29) is 0 Å². The van der Waals surface area contributed by atoms with Gasteiger partial charge in [-0.15, -0.1) is 0 Å². The molecule has 0 amide bonds. The van der Waals surface area contributed by atoms with Crippen LogP contribution in [0.2, 0.25) is 0 Å². The fraction of sp³-hybridized carbons (Fsp3) is 0.579. The summed E-state index contributed by atoms with van der Waals surface area (Å²) in [5.74, 6) is 0. The maximum atomic E-state index is 4.30. The van der Waals surface area contributed by atoms with Gasteiger partial charge in [0.2, 0.25) is 0 Å². The van der Waals surface area contributed by atoms with Crippen LogP contribution in [0.25, 0.3) is 5.69 Å². The van der Waals surface area contributed by atoms with E-state index in [2.05, 4.69) is 44.1 Å². The number of aromatic nitrogens is 3. The molecule has 1 unspecified atom stereocenters. The highest BCUT2D eigenvalue weighted by atomic mass is 15.3. The number of nitrogens with zero attached hydrogens (tertiary/aromatic N) is 5. The first-order valence-electron chi connectivity index (χ1n) is 9.29. The maximum absolute atomic E-state index is 4.30. The first-order chi connectivity index (χ1) is 11.9. The van der Waals surface area contributed by atoms with Crippen molar-refractivity contribution in [3.05, 3.63) is 42.5 Å². The summed E-state index contributed by atoms with van der Waals surface area (Å²) in [4.78, 5) is 9.43. The van der Waals surface area contributed by atoms with Crippen molar-refractivity contribution in [3.63, 3.8) is 0 Å². The Morgan fingerprint density at radius 2 is 1.83 bits per heavy atom. The molecule has 0 bridgehead atoms. The minimum absolute atomic E-state index is 0.808. The molecule has 0 radical (unpaired) electrons. The van der Waals surface area contributed by atoms with E-state index in [1.165, 1.54) is 63.8 Å². The molecule has 3 heterocycles. The number of benzene rings is 1. The van der Waals surface area contributed by atoms with E-state index < -0.39 is 0 Å². The Balaban J connectivity index is 1.42. The highest BCUT2D eigenvalue weighted by Crippen LogP contribution is 2.23. The third kappa shape index (κ3) is 3.52. The van der Waals surface area contributed by atoms with Crippen molar-refractivity contribution >= 4 is 0 Å². The van der Waals surface area contributed by atoms with Gasteiger partial charge in [-0.2, -0.15) is 5.10 Å². The van der Waals surface area contributed by atoms with E-state index in [0.717, 1.165) is 18.3 Å². The number of para-hydroxylation sites is 1. The molecule has 2 aliphatic heterocycles. The lowest BCUT2D eigenvalue weighted by Gasteiger charge is -2.26. The molecule has 5 heteroatoms. The summed E-state index contributed by atoms with van der Waals surface area (Å²) in [5.41, 5.74) is 2.48. The average Bonchev–Trinajstić information content (AvgIpc) is 3.28. The third-order valence-electron chi connectivity index (χ3n) is 5.50. The summed E-state index contributed by atoms with van der Waals surface area (Å²) in [7, 11) is 0. The van der Waals surface area contributed by atoms with Gasteiger partial charge < -0.3 is 4.90 Å². The van der Waals surface area contributed by atoms with Crippen LogP contribution in [0.5, 0.6) is 0 Å². The van der Waals surface area contributed by atoms with Gasteiger partial charge in [0.25, 0.3) is 0 Å². The van der Waals surface area contributed by atoms with E-state index in [1.54, 1.807) is 12.7 Å². The molecular weight excluding hydrogens is 298 g/mol. The van der Waals surface area contributed by atoms with Crippen LogP contribution in [0.15, 0.2) is 36.9 Å². The highest BCUT2D eigenvalue weighted by Gasteiger charge is 2.25. The van der Waals surface area contributed by atoms with Gasteiger partial charge in [-0.25, -0.2) is 9.67 Å². The van der Waals surface area contributed by atoms with E-state index in [9.17, 15) is 0 Å². The summed E-state index contributed by atoms with van der Waals surface area (Å²) >= 11 is 0. The van der Waals surface area contributed by atoms with Crippen LogP contribution >= 0.6 is 0 Å². The van der Waals surface area contributed by atoms with Crippen LogP contribution in [-0.4, -0.2) is 56.8 Å². The Labute approximate surface area is 144 Å². The molecule has 2 fully saturated rings. The van der Waals surface area contributed by atoms with Crippen LogP contribution in [0.4, 0.5) is 0 Å². The van der Waals surface area contributed by atoms with Gasteiger partial charge in [0, 0.05) is 12.6 Å². The van der Waals surface area contributed by atoms with Gasteiger partial charge >= 0.3 is 0 Å². The SMILES string of the molecule is c1ccc(-n2cncn2)c(CN2CCCC(N3CCCC3)CC2)c1. The second-order valence-corrected chi connectivity index (χ2v) is 7.07. The molecule has 5 nitrogen and oxygen atoms in total. The molecule has 4 rings (SSSR count). The summed E-state index contributed by atoms with van der Waals surface area (Å²) in [5, 5.41) is 4.30. The van der Waals surface area contributed by atoms with Crippen LogP contribution in [0.3, 0.4) is 0 Å². The summed E-state index contributed by atoms with van der Waals surface area (Å²) in [6.07, 6.45) is 10.2. The highest BCUT2D eigenvalue weighted by molar-refractivity contribution is 5.39. The molecule has 0 N–H and O–H groups in total. The topological polar surface area (TPSA) is 37.2 Å². The Kier molecular flexibility index (Phi) is 4.90. The predicted octanol–water partition coefficient (Wildman–Crippen LogP) is 2.72. The second-order valence-electron chi connectivity index (χ2n) is 7.07. The molecule has 0 spiro atoms. The molecule has 1 aromatic carbocycles.